The second-order valence-corrected chi connectivity index (χ2v) is 7.77. The van der Waals surface area contributed by atoms with Gasteiger partial charge in [0.15, 0.2) is 0 Å². The molecule has 0 amide bonds. The molecule has 0 saturated heterocycles. The lowest BCUT2D eigenvalue weighted by Gasteiger charge is -2.10. The maximum absolute atomic E-state index is 13.1. The Morgan fingerprint density at radius 1 is 1.06 bits per heavy atom. The number of anilines is 1. The standard InChI is InChI=1S/C26H24N4O2/c1-3-32-20-9-10-22-19(14-20)15-21(26(31)28-22)24-25(27-16-18-7-5-4-6-8-18)30-12-11-17(2)13-23(30)29-24/h4-15,27H,3,16H2,1-2H3,(H,28,31). The van der Waals surface area contributed by atoms with Crippen molar-refractivity contribution in [2.24, 2.45) is 0 Å². The first kappa shape index (κ1) is 19.9. The van der Waals surface area contributed by atoms with Crippen molar-refractivity contribution in [3.8, 4) is 17.0 Å². The van der Waals surface area contributed by atoms with Crippen LogP contribution in [0.1, 0.15) is 18.1 Å². The molecule has 32 heavy (non-hydrogen) atoms. The van der Waals surface area contributed by atoms with Crippen molar-refractivity contribution in [2.45, 2.75) is 20.4 Å². The van der Waals surface area contributed by atoms with Gasteiger partial charge in [-0.1, -0.05) is 30.3 Å². The fourth-order valence-corrected chi connectivity index (χ4v) is 3.90. The van der Waals surface area contributed by atoms with E-state index >= 15 is 0 Å². The fraction of sp³-hybridized carbons (Fsp3) is 0.154. The number of aromatic nitrogens is 3. The van der Waals surface area contributed by atoms with Crippen LogP contribution in [0.3, 0.4) is 0 Å². The highest BCUT2D eigenvalue weighted by Crippen LogP contribution is 2.30. The van der Waals surface area contributed by atoms with Crippen LogP contribution in [0, 0.1) is 6.92 Å². The number of H-pyrrole nitrogens is 1. The Bertz CT molecular complexity index is 1470. The Morgan fingerprint density at radius 3 is 2.72 bits per heavy atom. The topological polar surface area (TPSA) is 71.4 Å². The first-order valence-electron chi connectivity index (χ1n) is 10.7. The number of nitrogens with zero attached hydrogens (tertiary/aromatic N) is 2. The number of imidazole rings is 1. The van der Waals surface area contributed by atoms with Crippen molar-refractivity contribution in [1.29, 1.82) is 0 Å². The highest BCUT2D eigenvalue weighted by molar-refractivity contribution is 5.87. The summed E-state index contributed by atoms with van der Waals surface area (Å²) in [5.41, 5.74) is 4.77. The molecule has 6 heteroatoms. The summed E-state index contributed by atoms with van der Waals surface area (Å²) in [6, 6.07) is 21.8. The SMILES string of the molecule is CCOc1ccc2[nH]c(=O)c(-c3nc4cc(C)ccn4c3NCc3ccccc3)cc2c1. The summed E-state index contributed by atoms with van der Waals surface area (Å²) < 4.78 is 7.63. The monoisotopic (exact) mass is 424 g/mol. The summed E-state index contributed by atoms with van der Waals surface area (Å²) in [4.78, 5) is 20.9. The quantitative estimate of drug-likeness (QED) is 0.395. The van der Waals surface area contributed by atoms with E-state index in [1.807, 2.05) is 79.0 Å². The minimum atomic E-state index is -0.176. The Hall–Kier alpha value is -4.06. The predicted octanol–water partition coefficient (Wildman–Crippen LogP) is 5.16. The molecule has 5 aromatic rings. The van der Waals surface area contributed by atoms with E-state index in [1.165, 1.54) is 0 Å². The lowest BCUT2D eigenvalue weighted by molar-refractivity contribution is 0.340. The van der Waals surface area contributed by atoms with Gasteiger partial charge >= 0.3 is 0 Å². The van der Waals surface area contributed by atoms with Gasteiger partial charge in [-0.2, -0.15) is 0 Å². The number of pyridine rings is 2. The Kier molecular flexibility index (Phi) is 5.11. The zero-order valence-electron chi connectivity index (χ0n) is 18.1. The first-order chi connectivity index (χ1) is 15.6. The van der Waals surface area contributed by atoms with Gasteiger partial charge in [0.25, 0.3) is 5.56 Å². The molecule has 3 aromatic heterocycles. The second-order valence-electron chi connectivity index (χ2n) is 7.77. The molecule has 3 heterocycles. The summed E-state index contributed by atoms with van der Waals surface area (Å²) in [6.45, 7) is 5.19. The molecule has 6 nitrogen and oxygen atoms in total. The highest BCUT2D eigenvalue weighted by atomic mass is 16.5. The molecule has 0 radical (unpaired) electrons. The molecule has 0 aliphatic rings. The highest BCUT2D eigenvalue weighted by Gasteiger charge is 2.18. The van der Waals surface area contributed by atoms with Crippen molar-refractivity contribution in [3.05, 3.63) is 94.4 Å². The molecule has 0 bridgehead atoms. The van der Waals surface area contributed by atoms with Gasteiger partial charge in [-0.15, -0.1) is 0 Å². The lowest BCUT2D eigenvalue weighted by atomic mass is 10.1. The molecule has 0 atom stereocenters. The summed E-state index contributed by atoms with van der Waals surface area (Å²) in [5, 5.41) is 4.40. The second kappa shape index (κ2) is 8.23. The average Bonchev–Trinajstić information content (AvgIpc) is 3.15. The van der Waals surface area contributed by atoms with Crippen molar-refractivity contribution in [1.82, 2.24) is 14.4 Å². The number of rotatable bonds is 6. The maximum atomic E-state index is 13.1. The van der Waals surface area contributed by atoms with E-state index < -0.39 is 0 Å². The van der Waals surface area contributed by atoms with Crippen LogP contribution in [0.5, 0.6) is 5.75 Å². The molecule has 160 valence electrons. The Balaban J connectivity index is 1.66. The molecule has 2 N–H and O–H groups in total. The van der Waals surface area contributed by atoms with Crippen LogP contribution in [0.15, 0.2) is 77.7 Å². The molecular formula is C26H24N4O2. The largest absolute Gasteiger partial charge is 0.494 e. The number of ether oxygens (including phenoxy) is 1. The Morgan fingerprint density at radius 2 is 1.91 bits per heavy atom. The summed E-state index contributed by atoms with van der Waals surface area (Å²) >= 11 is 0. The zero-order valence-corrected chi connectivity index (χ0v) is 18.1. The third-order valence-corrected chi connectivity index (χ3v) is 5.47. The molecule has 2 aromatic carbocycles. The number of nitrogens with one attached hydrogen (secondary N) is 2. The van der Waals surface area contributed by atoms with E-state index in [-0.39, 0.29) is 5.56 Å². The van der Waals surface area contributed by atoms with Crippen molar-refractivity contribution in [2.75, 3.05) is 11.9 Å². The average molecular weight is 425 g/mol. The fourth-order valence-electron chi connectivity index (χ4n) is 3.90. The molecule has 0 spiro atoms. The number of fused-ring (bicyclic) bond motifs is 2. The van der Waals surface area contributed by atoms with Crippen molar-refractivity contribution < 1.29 is 4.74 Å². The number of hydrogen-bond donors (Lipinski definition) is 2. The van der Waals surface area contributed by atoms with E-state index in [0.29, 0.717) is 24.4 Å². The molecule has 0 saturated carbocycles. The third-order valence-electron chi connectivity index (χ3n) is 5.47. The minimum Gasteiger partial charge on any atom is -0.494 e. The van der Waals surface area contributed by atoms with E-state index in [1.54, 1.807) is 0 Å². The van der Waals surface area contributed by atoms with E-state index in [9.17, 15) is 4.79 Å². The van der Waals surface area contributed by atoms with Gasteiger partial charge in [0.2, 0.25) is 0 Å². The smallest absolute Gasteiger partial charge is 0.258 e. The van der Waals surface area contributed by atoms with Crippen LogP contribution >= 0.6 is 0 Å². The van der Waals surface area contributed by atoms with Crippen LogP contribution in [0.25, 0.3) is 27.8 Å². The molecule has 5 rings (SSSR count). The van der Waals surface area contributed by atoms with Gasteiger partial charge in [-0.05, 0) is 61.4 Å². The van der Waals surface area contributed by atoms with Crippen molar-refractivity contribution in [3.63, 3.8) is 0 Å². The normalized spacial score (nSPS) is 11.2. The van der Waals surface area contributed by atoms with Gasteiger partial charge in [-0.25, -0.2) is 4.98 Å². The van der Waals surface area contributed by atoms with E-state index in [0.717, 1.165) is 39.2 Å². The maximum Gasteiger partial charge on any atom is 0.258 e. The predicted molar refractivity (Wildman–Crippen MR) is 128 cm³/mol. The Labute approximate surface area is 185 Å². The van der Waals surface area contributed by atoms with Gasteiger partial charge in [0, 0.05) is 23.6 Å². The minimum absolute atomic E-state index is 0.176. The van der Waals surface area contributed by atoms with E-state index in [4.69, 9.17) is 9.72 Å². The van der Waals surface area contributed by atoms with Crippen LogP contribution < -0.4 is 15.6 Å². The van der Waals surface area contributed by atoms with Gasteiger partial charge in [0.05, 0.1) is 12.2 Å². The molecule has 0 fully saturated rings. The molecular weight excluding hydrogens is 400 g/mol. The van der Waals surface area contributed by atoms with Gasteiger partial charge < -0.3 is 15.0 Å². The van der Waals surface area contributed by atoms with Crippen LogP contribution in [0.4, 0.5) is 5.82 Å². The number of benzene rings is 2. The molecule has 0 aliphatic heterocycles. The van der Waals surface area contributed by atoms with Crippen LogP contribution in [0.2, 0.25) is 0 Å². The zero-order chi connectivity index (χ0) is 22.1. The number of aryl methyl sites for hydroxylation is 1. The number of hydrogen-bond acceptors (Lipinski definition) is 4. The lowest BCUT2D eigenvalue weighted by Crippen LogP contribution is -2.11. The van der Waals surface area contributed by atoms with Gasteiger partial charge in [0.1, 0.15) is 22.9 Å². The molecule has 0 unspecified atom stereocenters. The summed E-state index contributed by atoms with van der Waals surface area (Å²) in [5.74, 6) is 1.56. The van der Waals surface area contributed by atoms with Gasteiger partial charge in [-0.3, -0.25) is 9.20 Å². The van der Waals surface area contributed by atoms with Crippen molar-refractivity contribution >= 4 is 22.4 Å². The third kappa shape index (κ3) is 3.71. The molecule has 0 aliphatic carbocycles. The summed E-state index contributed by atoms with van der Waals surface area (Å²) in [6.07, 6.45) is 1.98. The van der Waals surface area contributed by atoms with E-state index in [2.05, 4.69) is 22.4 Å². The summed E-state index contributed by atoms with van der Waals surface area (Å²) in [7, 11) is 0. The number of aromatic amines is 1. The first-order valence-corrected chi connectivity index (χ1v) is 10.7. The van der Waals surface area contributed by atoms with Crippen LogP contribution in [-0.2, 0) is 6.54 Å². The van der Waals surface area contributed by atoms with Crippen LogP contribution in [-0.4, -0.2) is 21.0 Å².